The van der Waals surface area contributed by atoms with Gasteiger partial charge in [0, 0.05) is 0 Å². The summed E-state index contributed by atoms with van der Waals surface area (Å²) in [5.74, 6) is -0.975. The summed E-state index contributed by atoms with van der Waals surface area (Å²) < 4.78 is 60.7. The van der Waals surface area contributed by atoms with Gasteiger partial charge < -0.3 is 10.7 Å². The standard InChI is InChI=1S/C7H5F5N2O/c8-4(9)2-1-3(7(10,11)12)5(13)14-6(2)15/h1,4H,(H3,13,14,15). The number of nitrogens with two attached hydrogens (primary N) is 1. The van der Waals surface area contributed by atoms with Crippen molar-refractivity contribution in [3.63, 3.8) is 0 Å². The molecule has 15 heavy (non-hydrogen) atoms. The fraction of sp³-hybridized carbons (Fsp3) is 0.286. The van der Waals surface area contributed by atoms with E-state index in [0.29, 0.717) is 0 Å². The Balaban J connectivity index is 3.44. The van der Waals surface area contributed by atoms with Gasteiger partial charge in [-0.3, -0.25) is 4.79 Å². The number of pyridine rings is 1. The lowest BCUT2D eigenvalue weighted by atomic mass is 10.2. The van der Waals surface area contributed by atoms with Gasteiger partial charge in [-0.25, -0.2) is 8.78 Å². The van der Waals surface area contributed by atoms with Gasteiger partial charge in [-0.1, -0.05) is 0 Å². The Labute approximate surface area is 79.7 Å². The molecule has 0 aromatic carbocycles. The van der Waals surface area contributed by atoms with E-state index in [1.165, 1.54) is 4.98 Å². The number of alkyl halides is 5. The second-order valence-electron chi connectivity index (χ2n) is 2.68. The molecule has 84 valence electrons. The third-order valence-corrected chi connectivity index (χ3v) is 1.64. The molecule has 0 aliphatic carbocycles. The van der Waals surface area contributed by atoms with Crippen molar-refractivity contribution in [2.75, 3.05) is 5.73 Å². The summed E-state index contributed by atoms with van der Waals surface area (Å²) in [5.41, 5.74) is 0.805. The minimum absolute atomic E-state index is 0.0544. The van der Waals surface area contributed by atoms with Crippen molar-refractivity contribution < 1.29 is 22.0 Å². The molecule has 0 unspecified atom stereocenters. The number of aromatic amines is 1. The first-order valence-electron chi connectivity index (χ1n) is 3.61. The van der Waals surface area contributed by atoms with E-state index in [1.807, 2.05) is 0 Å². The molecule has 1 rings (SSSR count). The summed E-state index contributed by atoms with van der Waals surface area (Å²) >= 11 is 0. The Morgan fingerprint density at radius 2 is 1.87 bits per heavy atom. The maximum atomic E-state index is 12.2. The van der Waals surface area contributed by atoms with Crippen molar-refractivity contribution in [3.8, 4) is 0 Å². The van der Waals surface area contributed by atoms with Gasteiger partial charge in [-0.05, 0) is 6.07 Å². The number of nitrogen functional groups attached to an aromatic ring is 1. The normalized spacial score (nSPS) is 12.1. The first-order valence-corrected chi connectivity index (χ1v) is 3.61. The number of H-pyrrole nitrogens is 1. The van der Waals surface area contributed by atoms with E-state index in [4.69, 9.17) is 5.73 Å². The highest BCUT2D eigenvalue weighted by Crippen LogP contribution is 2.33. The van der Waals surface area contributed by atoms with Crippen LogP contribution < -0.4 is 11.3 Å². The molecule has 0 aliphatic rings. The molecule has 0 radical (unpaired) electrons. The van der Waals surface area contributed by atoms with Crippen molar-refractivity contribution in [1.82, 2.24) is 4.98 Å². The highest BCUT2D eigenvalue weighted by atomic mass is 19.4. The Morgan fingerprint density at radius 3 is 2.27 bits per heavy atom. The summed E-state index contributed by atoms with van der Waals surface area (Å²) in [6.45, 7) is 0. The molecule has 0 atom stereocenters. The minimum atomic E-state index is -4.88. The highest BCUT2D eigenvalue weighted by molar-refractivity contribution is 5.43. The molecule has 0 bridgehead atoms. The Hall–Kier alpha value is -1.60. The van der Waals surface area contributed by atoms with Crippen LogP contribution >= 0.6 is 0 Å². The average Bonchev–Trinajstić information content (AvgIpc) is 2.00. The average molecular weight is 228 g/mol. The SMILES string of the molecule is Nc1[nH]c(=O)c(C(F)F)cc1C(F)(F)F. The maximum Gasteiger partial charge on any atom is 0.419 e. The molecule has 1 heterocycles. The number of hydrogen-bond donors (Lipinski definition) is 2. The van der Waals surface area contributed by atoms with Gasteiger partial charge in [-0.2, -0.15) is 13.2 Å². The summed E-state index contributed by atoms with van der Waals surface area (Å²) in [7, 11) is 0. The Morgan fingerprint density at radius 1 is 1.33 bits per heavy atom. The summed E-state index contributed by atoms with van der Waals surface area (Å²) in [5, 5.41) is 0. The molecule has 3 N–H and O–H groups in total. The lowest BCUT2D eigenvalue weighted by molar-refractivity contribution is -0.137. The van der Waals surface area contributed by atoms with Crippen LogP contribution in [0.25, 0.3) is 0 Å². The van der Waals surface area contributed by atoms with Gasteiger partial charge in [0.25, 0.3) is 12.0 Å². The van der Waals surface area contributed by atoms with Crippen molar-refractivity contribution in [2.24, 2.45) is 0 Å². The fourth-order valence-electron chi connectivity index (χ4n) is 0.957. The van der Waals surface area contributed by atoms with Gasteiger partial charge in [-0.15, -0.1) is 0 Å². The molecule has 0 fully saturated rings. The molecule has 1 aromatic heterocycles. The van der Waals surface area contributed by atoms with E-state index < -0.39 is 35.1 Å². The van der Waals surface area contributed by atoms with Crippen LogP contribution in [0.3, 0.4) is 0 Å². The summed E-state index contributed by atoms with van der Waals surface area (Å²) in [4.78, 5) is 12.3. The van der Waals surface area contributed by atoms with Crippen LogP contribution in [-0.4, -0.2) is 4.98 Å². The third-order valence-electron chi connectivity index (χ3n) is 1.64. The van der Waals surface area contributed by atoms with Gasteiger partial charge in [0.2, 0.25) is 0 Å². The quantitative estimate of drug-likeness (QED) is 0.721. The van der Waals surface area contributed by atoms with E-state index >= 15 is 0 Å². The monoisotopic (exact) mass is 228 g/mol. The molecule has 0 spiro atoms. The number of hydrogen-bond acceptors (Lipinski definition) is 2. The van der Waals surface area contributed by atoms with Crippen LogP contribution in [0.2, 0.25) is 0 Å². The predicted molar refractivity (Wildman–Crippen MR) is 41.4 cm³/mol. The van der Waals surface area contributed by atoms with Gasteiger partial charge in [0.15, 0.2) is 0 Å². The van der Waals surface area contributed by atoms with Crippen molar-refractivity contribution in [2.45, 2.75) is 12.6 Å². The second kappa shape index (κ2) is 3.52. The van der Waals surface area contributed by atoms with Crippen LogP contribution in [0.4, 0.5) is 27.8 Å². The lowest BCUT2D eigenvalue weighted by Crippen LogP contribution is -2.20. The van der Waals surface area contributed by atoms with E-state index in [2.05, 4.69) is 0 Å². The zero-order chi connectivity index (χ0) is 11.8. The van der Waals surface area contributed by atoms with Crippen molar-refractivity contribution in [3.05, 3.63) is 27.5 Å². The van der Waals surface area contributed by atoms with Crippen LogP contribution in [0.1, 0.15) is 17.6 Å². The first-order chi connectivity index (χ1) is 6.73. The first kappa shape index (κ1) is 11.5. The minimum Gasteiger partial charge on any atom is -0.385 e. The number of rotatable bonds is 1. The molecule has 0 amide bonds. The van der Waals surface area contributed by atoms with Crippen LogP contribution in [0.5, 0.6) is 0 Å². The fourth-order valence-corrected chi connectivity index (χ4v) is 0.957. The zero-order valence-corrected chi connectivity index (χ0v) is 7.03. The number of anilines is 1. The molecule has 0 aliphatic heterocycles. The molecular formula is C7H5F5N2O. The molecule has 8 heteroatoms. The molecule has 3 nitrogen and oxygen atoms in total. The zero-order valence-electron chi connectivity index (χ0n) is 7.03. The van der Waals surface area contributed by atoms with Crippen LogP contribution in [-0.2, 0) is 6.18 Å². The van der Waals surface area contributed by atoms with Crippen LogP contribution in [0, 0.1) is 0 Å². The third kappa shape index (κ3) is 2.25. The van der Waals surface area contributed by atoms with Crippen molar-refractivity contribution in [1.29, 1.82) is 0 Å². The van der Waals surface area contributed by atoms with Gasteiger partial charge in [0.05, 0.1) is 11.1 Å². The Kier molecular flexibility index (Phi) is 2.69. The Bertz CT molecular complexity index is 422. The maximum absolute atomic E-state index is 12.2. The topological polar surface area (TPSA) is 58.9 Å². The van der Waals surface area contributed by atoms with Crippen LogP contribution in [0.15, 0.2) is 10.9 Å². The largest absolute Gasteiger partial charge is 0.419 e. The van der Waals surface area contributed by atoms with Gasteiger partial charge in [0.1, 0.15) is 5.82 Å². The van der Waals surface area contributed by atoms with Gasteiger partial charge >= 0.3 is 6.18 Å². The highest BCUT2D eigenvalue weighted by Gasteiger charge is 2.35. The number of halogens is 5. The van der Waals surface area contributed by atoms with E-state index in [0.717, 1.165) is 0 Å². The number of nitrogens with one attached hydrogen (secondary N) is 1. The van der Waals surface area contributed by atoms with E-state index in [1.54, 1.807) is 0 Å². The molecular weight excluding hydrogens is 223 g/mol. The smallest absolute Gasteiger partial charge is 0.385 e. The molecule has 0 saturated carbocycles. The summed E-state index contributed by atoms with van der Waals surface area (Å²) in [6.07, 6.45) is -8.16. The second-order valence-corrected chi connectivity index (χ2v) is 2.68. The number of aromatic nitrogens is 1. The van der Waals surface area contributed by atoms with Crippen molar-refractivity contribution >= 4 is 5.82 Å². The lowest BCUT2D eigenvalue weighted by Gasteiger charge is -2.10. The molecule has 1 aromatic rings. The van der Waals surface area contributed by atoms with E-state index in [-0.39, 0.29) is 6.07 Å². The molecule has 0 saturated heterocycles. The predicted octanol–water partition coefficient (Wildman–Crippen LogP) is 1.91. The van der Waals surface area contributed by atoms with E-state index in [9.17, 15) is 26.7 Å². The summed E-state index contributed by atoms with van der Waals surface area (Å²) in [6, 6.07) is 0.0544.